The normalized spacial score (nSPS) is 6.56. The van der Waals surface area contributed by atoms with E-state index in [-0.39, 0.29) is 14.9 Å². The highest BCUT2D eigenvalue weighted by molar-refractivity contribution is 4.87. The molecule has 0 aliphatic rings. The first-order valence-electron chi connectivity index (χ1n) is 8.12. The topological polar surface area (TPSA) is 86.0 Å². The standard InChI is InChI=1S/2C4H6N2.C3H4N2.3C2H6.2CH4/c1-4-2-5-3-6-4;1-4-5-2-3-6-4;1-2-5-3-4-1;3*1-2;;/h2*2-3H,1H3,(H,5,6);1-3H,(H,4,5);3*1-2H3;2*1H4. The molecule has 0 saturated carbocycles. The van der Waals surface area contributed by atoms with Crippen LogP contribution in [0.4, 0.5) is 0 Å². The van der Waals surface area contributed by atoms with Crippen LogP contribution in [0.25, 0.3) is 0 Å². The van der Waals surface area contributed by atoms with Crippen molar-refractivity contribution in [3.63, 3.8) is 0 Å². The van der Waals surface area contributed by atoms with Gasteiger partial charge in [0.15, 0.2) is 0 Å². The molecule has 0 fully saturated rings. The summed E-state index contributed by atoms with van der Waals surface area (Å²) in [7, 11) is 0. The Kier molecular flexibility index (Phi) is 45.4. The van der Waals surface area contributed by atoms with Crippen molar-refractivity contribution in [2.45, 2.75) is 70.2 Å². The predicted molar refractivity (Wildman–Crippen MR) is 113 cm³/mol. The lowest BCUT2D eigenvalue weighted by Gasteiger charge is -1.68. The lowest BCUT2D eigenvalue weighted by atomic mass is 10.6. The van der Waals surface area contributed by atoms with Crippen LogP contribution >= 0.6 is 0 Å². The van der Waals surface area contributed by atoms with Crippen LogP contribution in [-0.2, 0) is 0 Å². The Hall–Kier alpha value is -2.37. The van der Waals surface area contributed by atoms with Crippen molar-refractivity contribution in [1.82, 2.24) is 29.9 Å². The summed E-state index contributed by atoms with van der Waals surface area (Å²) >= 11 is 0. The van der Waals surface area contributed by atoms with Gasteiger partial charge in [-0.2, -0.15) is 0 Å². The summed E-state index contributed by atoms with van der Waals surface area (Å²) in [5.41, 5.74) is 1.11. The molecule has 3 rings (SSSR count). The van der Waals surface area contributed by atoms with Crippen LogP contribution in [0.15, 0.2) is 43.6 Å². The zero-order chi connectivity index (χ0) is 18.3. The highest BCUT2D eigenvalue weighted by Gasteiger charge is 1.74. The lowest BCUT2D eigenvalue weighted by molar-refractivity contribution is 1.15. The molecule has 6 heteroatoms. The number of nitrogens with one attached hydrogen (secondary N) is 3. The Bertz CT molecular complexity index is 395. The molecule has 25 heavy (non-hydrogen) atoms. The van der Waals surface area contributed by atoms with E-state index in [0.29, 0.717) is 0 Å². The minimum absolute atomic E-state index is 0. The number of hydrogen-bond donors (Lipinski definition) is 3. The summed E-state index contributed by atoms with van der Waals surface area (Å²) < 4.78 is 0. The molecule has 0 saturated heterocycles. The summed E-state index contributed by atoms with van der Waals surface area (Å²) in [4.78, 5) is 19.8. The molecule has 3 aromatic rings. The molecule has 0 spiro atoms. The van der Waals surface area contributed by atoms with Crippen molar-refractivity contribution in [3.05, 3.63) is 55.2 Å². The maximum atomic E-state index is 3.86. The van der Waals surface area contributed by atoms with E-state index < -0.39 is 0 Å². The third-order valence-electron chi connectivity index (χ3n) is 1.68. The second-order valence-corrected chi connectivity index (χ2v) is 3.17. The smallest absolute Gasteiger partial charge is 0.102 e. The van der Waals surface area contributed by atoms with Gasteiger partial charge in [0.05, 0.1) is 12.7 Å². The van der Waals surface area contributed by atoms with Gasteiger partial charge in [0.1, 0.15) is 5.82 Å². The van der Waals surface area contributed by atoms with Gasteiger partial charge in [-0.1, -0.05) is 56.4 Å². The van der Waals surface area contributed by atoms with Crippen LogP contribution in [-0.4, -0.2) is 29.9 Å². The molecule has 0 amide bonds. The minimum Gasteiger partial charge on any atom is -0.351 e. The van der Waals surface area contributed by atoms with Gasteiger partial charge in [-0.3, -0.25) is 0 Å². The summed E-state index contributed by atoms with van der Waals surface area (Å²) in [6.45, 7) is 15.9. The number of aromatic nitrogens is 6. The maximum Gasteiger partial charge on any atom is 0.102 e. The second kappa shape index (κ2) is 33.3. The van der Waals surface area contributed by atoms with Crippen LogP contribution in [0, 0.1) is 13.8 Å². The number of rotatable bonds is 0. The number of H-pyrrole nitrogens is 3. The van der Waals surface area contributed by atoms with Gasteiger partial charge in [-0.25, -0.2) is 15.0 Å². The first-order valence-corrected chi connectivity index (χ1v) is 8.12. The summed E-state index contributed by atoms with van der Waals surface area (Å²) in [6, 6.07) is 0. The molecule has 3 heterocycles. The summed E-state index contributed by atoms with van der Waals surface area (Å²) in [5.74, 6) is 0.968. The Morgan fingerprint density at radius 3 is 1.44 bits per heavy atom. The van der Waals surface area contributed by atoms with E-state index in [4.69, 9.17) is 0 Å². The van der Waals surface area contributed by atoms with Crippen LogP contribution in [0.5, 0.6) is 0 Å². The van der Waals surface area contributed by atoms with Gasteiger partial charge in [0.2, 0.25) is 0 Å². The van der Waals surface area contributed by atoms with E-state index in [1.165, 1.54) is 0 Å². The molecule has 3 N–H and O–H groups in total. The predicted octanol–water partition coefficient (Wildman–Crippen LogP) is 6.20. The number of hydrogen-bond acceptors (Lipinski definition) is 3. The van der Waals surface area contributed by atoms with Gasteiger partial charge < -0.3 is 15.0 Å². The van der Waals surface area contributed by atoms with E-state index in [0.717, 1.165) is 11.5 Å². The molecule has 0 aliphatic heterocycles. The average molecular weight is 355 g/mol. The summed E-state index contributed by atoms with van der Waals surface area (Å²) in [6.07, 6.45) is 12.1. The Labute approximate surface area is 156 Å². The molecular weight excluding hydrogens is 312 g/mol. The average Bonchev–Trinajstić information content (AvgIpc) is 3.39. The Morgan fingerprint density at radius 2 is 1.32 bits per heavy atom. The van der Waals surface area contributed by atoms with Crippen molar-refractivity contribution in [1.29, 1.82) is 0 Å². The number of aryl methyl sites for hydroxylation is 2. The Balaban J connectivity index is -0.0000000675. The highest BCUT2D eigenvalue weighted by Crippen LogP contribution is 1.81. The van der Waals surface area contributed by atoms with E-state index in [1.54, 1.807) is 43.6 Å². The monoisotopic (exact) mass is 354 g/mol. The molecule has 0 atom stereocenters. The second-order valence-electron chi connectivity index (χ2n) is 3.17. The molecule has 6 nitrogen and oxygen atoms in total. The zero-order valence-electron chi connectivity index (χ0n) is 15.9. The quantitative estimate of drug-likeness (QED) is 0.449. The zero-order valence-corrected chi connectivity index (χ0v) is 15.9. The largest absolute Gasteiger partial charge is 0.351 e. The van der Waals surface area contributed by atoms with Crippen molar-refractivity contribution in [2.75, 3.05) is 0 Å². The number of imidazole rings is 3. The van der Waals surface area contributed by atoms with Crippen molar-refractivity contribution in [3.8, 4) is 0 Å². The van der Waals surface area contributed by atoms with Crippen molar-refractivity contribution >= 4 is 0 Å². The Morgan fingerprint density at radius 1 is 0.720 bits per heavy atom. The molecular formula is C19H42N6. The van der Waals surface area contributed by atoms with Crippen LogP contribution in [0.3, 0.4) is 0 Å². The summed E-state index contributed by atoms with van der Waals surface area (Å²) in [5, 5.41) is 0. The SMILES string of the molecule is C.C.CC.CC.CC.Cc1cnc[nH]1.Cc1ncc[nH]1.c1c[nH]cn1. The lowest BCUT2D eigenvalue weighted by Crippen LogP contribution is -1.66. The van der Waals surface area contributed by atoms with Crippen LogP contribution in [0.2, 0.25) is 0 Å². The van der Waals surface area contributed by atoms with E-state index >= 15 is 0 Å². The molecule has 0 unspecified atom stereocenters. The molecule has 3 aromatic heterocycles. The van der Waals surface area contributed by atoms with Gasteiger partial charge in [0.25, 0.3) is 0 Å². The number of nitrogens with zero attached hydrogens (tertiary/aromatic N) is 3. The van der Waals surface area contributed by atoms with Crippen LogP contribution in [0.1, 0.15) is 67.9 Å². The van der Waals surface area contributed by atoms with Crippen LogP contribution < -0.4 is 0 Å². The first-order chi connectivity index (χ1) is 11.3. The van der Waals surface area contributed by atoms with E-state index in [9.17, 15) is 0 Å². The molecule has 148 valence electrons. The molecule has 0 aliphatic carbocycles. The van der Waals surface area contributed by atoms with Crippen molar-refractivity contribution < 1.29 is 0 Å². The third-order valence-corrected chi connectivity index (χ3v) is 1.68. The van der Waals surface area contributed by atoms with Crippen molar-refractivity contribution in [2.24, 2.45) is 0 Å². The maximum absolute atomic E-state index is 3.86. The van der Waals surface area contributed by atoms with E-state index in [2.05, 4.69) is 29.9 Å². The first kappa shape index (κ1) is 34.1. The minimum atomic E-state index is 0. The molecule has 0 radical (unpaired) electrons. The van der Waals surface area contributed by atoms with Gasteiger partial charge in [0, 0.05) is 36.7 Å². The number of aromatic amines is 3. The highest BCUT2D eigenvalue weighted by atomic mass is 14.9. The molecule has 0 aromatic carbocycles. The fourth-order valence-corrected chi connectivity index (χ4v) is 0.885. The fraction of sp³-hybridized carbons (Fsp3) is 0.526. The van der Waals surface area contributed by atoms with Gasteiger partial charge in [-0.05, 0) is 13.8 Å². The fourth-order valence-electron chi connectivity index (χ4n) is 0.885. The van der Waals surface area contributed by atoms with Gasteiger partial charge in [-0.15, -0.1) is 0 Å². The van der Waals surface area contributed by atoms with Gasteiger partial charge >= 0.3 is 0 Å². The van der Waals surface area contributed by atoms with E-state index in [1.807, 2.05) is 55.4 Å². The molecule has 0 bridgehead atoms. The third kappa shape index (κ3) is 30.1.